The van der Waals surface area contributed by atoms with Gasteiger partial charge in [-0.25, -0.2) is 9.38 Å². The van der Waals surface area contributed by atoms with Crippen LogP contribution < -0.4 is 10.5 Å². The van der Waals surface area contributed by atoms with Gasteiger partial charge in [0, 0.05) is 30.6 Å². The summed E-state index contributed by atoms with van der Waals surface area (Å²) in [6.45, 7) is 3.18. The number of hydrogen-bond acceptors (Lipinski definition) is 5. The molecule has 27 heavy (non-hydrogen) atoms. The van der Waals surface area contributed by atoms with Gasteiger partial charge in [0.1, 0.15) is 11.4 Å². The first kappa shape index (κ1) is 17.7. The van der Waals surface area contributed by atoms with Crippen LogP contribution in [-0.2, 0) is 10.3 Å². The number of rotatable bonds is 1. The molecule has 0 unspecified atom stereocenters. The number of alkyl halides is 1. The van der Waals surface area contributed by atoms with Crippen molar-refractivity contribution < 1.29 is 13.9 Å². The van der Waals surface area contributed by atoms with Gasteiger partial charge < -0.3 is 10.5 Å². The Balaban J connectivity index is 1.97. The fraction of sp³-hybridized carbons (Fsp3) is 0.316. The Morgan fingerprint density at radius 1 is 1.26 bits per heavy atom. The monoisotopic (exact) mass is 388 g/mol. The average molecular weight is 389 g/mol. The normalized spacial score (nSPS) is 26.0. The molecule has 1 amide bonds. The number of ether oxygens (including phenoxy) is 1. The van der Waals surface area contributed by atoms with E-state index in [1.807, 2.05) is 6.07 Å². The van der Waals surface area contributed by atoms with Crippen LogP contribution in [0, 0.1) is 0 Å². The fourth-order valence-electron chi connectivity index (χ4n) is 3.64. The molecule has 2 aliphatic heterocycles. The molecule has 8 heteroatoms. The summed E-state index contributed by atoms with van der Waals surface area (Å²) in [5.74, 6) is -0.152. The van der Waals surface area contributed by atoms with E-state index in [9.17, 15) is 4.79 Å². The van der Waals surface area contributed by atoms with E-state index in [0.717, 1.165) is 11.1 Å². The summed E-state index contributed by atoms with van der Waals surface area (Å²) in [5.41, 5.74) is 4.63. The number of hydrogen-bond donors (Lipinski definition) is 1. The molecule has 4 rings (SSSR count). The Kier molecular flexibility index (Phi) is 3.72. The number of benzene rings is 1. The summed E-state index contributed by atoms with van der Waals surface area (Å²) >= 11 is 6.03. The standard InChI is InChI=1S/C19H18ClFN4O2/c1-18(2)15(21)19(16(26)25(3)17(22)24-19)13-7-10(4-5-14(13)27-18)11-6-12(20)9-23-8-11/h4-9,15H,1-3H3,(H2,22,24)/t15-,19+/m1/s1. The van der Waals surface area contributed by atoms with Gasteiger partial charge in [-0.1, -0.05) is 17.7 Å². The van der Waals surface area contributed by atoms with Crippen LogP contribution >= 0.6 is 11.6 Å². The number of fused-ring (bicyclic) bond motifs is 2. The summed E-state index contributed by atoms with van der Waals surface area (Å²) < 4.78 is 21.5. The second kappa shape index (κ2) is 5.66. The average Bonchev–Trinajstić information content (AvgIpc) is 2.85. The molecule has 0 bridgehead atoms. The number of carbonyl (C=O) groups excluding carboxylic acids is 1. The number of halogens is 2. The van der Waals surface area contributed by atoms with Crippen LogP contribution in [0.3, 0.4) is 0 Å². The van der Waals surface area contributed by atoms with Crippen molar-refractivity contribution in [2.75, 3.05) is 7.05 Å². The van der Waals surface area contributed by atoms with Crippen LogP contribution in [-0.4, -0.2) is 40.6 Å². The number of pyridine rings is 1. The van der Waals surface area contributed by atoms with Crippen molar-refractivity contribution in [1.82, 2.24) is 9.88 Å². The third-order valence-electron chi connectivity index (χ3n) is 5.04. The smallest absolute Gasteiger partial charge is 0.265 e. The summed E-state index contributed by atoms with van der Waals surface area (Å²) in [4.78, 5) is 22.6. The molecule has 2 aromatic rings. The van der Waals surface area contributed by atoms with Gasteiger partial charge in [0.2, 0.25) is 5.54 Å². The molecule has 0 aliphatic carbocycles. The zero-order chi connectivity index (χ0) is 19.6. The molecule has 1 aromatic carbocycles. The highest BCUT2D eigenvalue weighted by atomic mass is 35.5. The third kappa shape index (κ3) is 2.41. The van der Waals surface area contributed by atoms with Crippen molar-refractivity contribution in [3.05, 3.63) is 47.2 Å². The number of nitrogens with two attached hydrogens (primary N) is 1. The van der Waals surface area contributed by atoms with Crippen LogP contribution in [0.5, 0.6) is 5.75 Å². The SMILES string of the molecule is CN1C(=O)[C@]2(N=C1N)c1cc(-c3cncc(Cl)c3)ccc1OC(C)(C)[C@H]2F. The number of amides is 1. The number of aliphatic imine (C=N–C) groups is 1. The molecular formula is C19H18ClFN4O2. The van der Waals surface area contributed by atoms with Crippen LogP contribution in [0.4, 0.5) is 4.39 Å². The van der Waals surface area contributed by atoms with Crippen molar-refractivity contribution in [3.8, 4) is 16.9 Å². The first-order valence-electron chi connectivity index (χ1n) is 8.39. The lowest BCUT2D eigenvalue weighted by Crippen LogP contribution is -2.58. The molecule has 0 saturated heterocycles. The molecule has 1 aromatic heterocycles. The van der Waals surface area contributed by atoms with E-state index >= 15 is 4.39 Å². The molecule has 6 nitrogen and oxygen atoms in total. The highest BCUT2D eigenvalue weighted by Crippen LogP contribution is 2.51. The Bertz CT molecular complexity index is 993. The molecular weight excluding hydrogens is 371 g/mol. The van der Waals surface area contributed by atoms with Crippen LogP contribution in [0.15, 0.2) is 41.7 Å². The van der Waals surface area contributed by atoms with Crippen LogP contribution in [0.25, 0.3) is 11.1 Å². The van der Waals surface area contributed by atoms with E-state index in [2.05, 4.69) is 9.98 Å². The topological polar surface area (TPSA) is 80.8 Å². The minimum atomic E-state index is -1.78. The maximum atomic E-state index is 15.6. The predicted octanol–water partition coefficient (Wildman–Crippen LogP) is 2.89. The number of nitrogens with zero attached hydrogens (tertiary/aromatic N) is 3. The first-order chi connectivity index (χ1) is 12.7. The van der Waals surface area contributed by atoms with Gasteiger partial charge in [0.15, 0.2) is 12.1 Å². The van der Waals surface area contributed by atoms with Gasteiger partial charge in [0.05, 0.1) is 5.02 Å². The van der Waals surface area contributed by atoms with Gasteiger partial charge in [-0.2, -0.15) is 0 Å². The van der Waals surface area contributed by atoms with E-state index in [-0.39, 0.29) is 5.96 Å². The minimum Gasteiger partial charge on any atom is -0.484 e. The fourth-order valence-corrected chi connectivity index (χ4v) is 3.82. The second-order valence-electron chi connectivity index (χ2n) is 7.27. The van der Waals surface area contributed by atoms with E-state index in [0.29, 0.717) is 16.3 Å². The quantitative estimate of drug-likeness (QED) is 0.814. The number of aromatic nitrogens is 1. The molecule has 0 saturated carbocycles. The van der Waals surface area contributed by atoms with Crippen LogP contribution in [0.2, 0.25) is 5.02 Å². The summed E-state index contributed by atoms with van der Waals surface area (Å²) in [5, 5.41) is 0.472. The van der Waals surface area contributed by atoms with Crippen molar-refractivity contribution in [2.24, 2.45) is 10.7 Å². The largest absolute Gasteiger partial charge is 0.484 e. The van der Waals surface area contributed by atoms with Crippen LogP contribution in [0.1, 0.15) is 19.4 Å². The molecule has 2 atom stereocenters. The Morgan fingerprint density at radius 3 is 2.63 bits per heavy atom. The number of guanidine groups is 1. The first-order valence-corrected chi connectivity index (χ1v) is 8.76. The van der Waals surface area contributed by atoms with Crippen molar-refractivity contribution in [2.45, 2.75) is 31.2 Å². The van der Waals surface area contributed by atoms with E-state index in [1.54, 1.807) is 38.2 Å². The maximum absolute atomic E-state index is 15.6. The molecule has 3 heterocycles. The lowest BCUT2D eigenvalue weighted by atomic mass is 9.75. The lowest BCUT2D eigenvalue weighted by molar-refractivity contribution is -0.139. The highest BCUT2D eigenvalue weighted by molar-refractivity contribution is 6.30. The molecule has 0 fully saturated rings. The Hall–Kier alpha value is -2.67. The second-order valence-corrected chi connectivity index (χ2v) is 7.71. The molecule has 1 spiro atoms. The molecule has 0 radical (unpaired) electrons. The Labute approximate surface area is 160 Å². The van der Waals surface area contributed by atoms with Gasteiger partial charge >= 0.3 is 0 Å². The van der Waals surface area contributed by atoms with E-state index in [1.165, 1.54) is 18.1 Å². The maximum Gasteiger partial charge on any atom is 0.265 e. The molecule has 2 N–H and O–H groups in total. The van der Waals surface area contributed by atoms with Gasteiger partial charge in [-0.05, 0) is 37.6 Å². The zero-order valence-electron chi connectivity index (χ0n) is 15.0. The van der Waals surface area contributed by atoms with Crippen molar-refractivity contribution >= 4 is 23.5 Å². The minimum absolute atomic E-state index is 0.0267. The number of likely N-dealkylation sites (N-methyl/N-ethyl adjacent to an activating group) is 1. The summed E-state index contributed by atoms with van der Waals surface area (Å²) in [7, 11) is 1.48. The van der Waals surface area contributed by atoms with Gasteiger partial charge in [0.25, 0.3) is 5.91 Å². The molecule has 2 aliphatic rings. The van der Waals surface area contributed by atoms with E-state index < -0.39 is 23.2 Å². The highest BCUT2D eigenvalue weighted by Gasteiger charge is 2.63. The molecule has 140 valence electrons. The third-order valence-corrected chi connectivity index (χ3v) is 5.25. The summed E-state index contributed by atoms with van der Waals surface area (Å²) in [6, 6.07) is 6.95. The zero-order valence-corrected chi connectivity index (χ0v) is 15.8. The van der Waals surface area contributed by atoms with Crippen molar-refractivity contribution in [1.29, 1.82) is 0 Å². The van der Waals surface area contributed by atoms with Crippen molar-refractivity contribution in [3.63, 3.8) is 0 Å². The predicted molar refractivity (Wildman–Crippen MR) is 100 cm³/mol. The summed E-state index contributed by atoms with van der Waals surface area (Å²) in [6.07, 6.45) is 1.44. The Morgan fingerprint density at radius 2 is 2.00 bits per heavy atom. The van der Waals surface area contributed by atoms with E-state index in [4.69, 9.17) is 22.1 Å². The van der Waals surface area contributed by atoms with Gasteiger partial charge in [-0.15, -0.1) is 0 Å². The van der Waals surface area contributed by atoms with Gasteiger partial charge in [-0.3, -0.25) is 14.7 Å². The lowest BCUT2D eigenvalue weighted by Gasteiger charge is -2.44. The number of carbonyl (C=O) groups is 1.